The molecule has 1 aliphatic rings. The Kier molecular flexibility index (Phi) is 7.52. The van der Waals surface area contributed by atoms with E-state index in [1.165, 1.54) is 33.8 Å². The number of amides is 1. The van der Waals surface area contributed by atoms with Gasteiger partial charge in [0.2, 0.25) is 15.2 Å². The Labute approximate surface area is 183 Å². The molecule has 0 unspecified atom stereocenters. The van der Waals surface area contributed by atoms with Crippen LogP contribution >= 0.6 is 34.7 Å². The van der Waals surface area contributed by atoms with Crippen molar-refractivity contribution in [2.24, 2.45) is 0 Å². The van der Waals surface area contributed by atoms with E-state index in [-0.39, 0.29) is 15.5 Å². The third-order valence-electron chi connectivity index (χ3n) is 4.33. The van der Waals surface area contributed by atoms with Crippen molar-refractivity contribution in [2.75, 3.05) is 44.3 Å². The second-order valence-electron chi connectivity index (χ2n) is 6.53. The van der Waals surface area contributed by atoms with Crippen LogP contribution in [-0.2, 0) is 10.0 Å². The molecule has 0 atom stereocenters. The molecule has 2 aromatic rings. The third-order valence-corrected chi connectivity index (χ3v) is 8.89. The highest BCUT2D eigenvalue weighted by Gasteiger charge is 2.30. The zero-order chi connectivity index (χ0) is 21.0. The van der Waals surface area contributed by atoms with Crippen molar-refractivity contribution in [1.29, 1.82) is 0 Å². The average Bonchev–Trinajstić information content (AvgIpc) is 3.14. The molecule has 0 saturated carbocycles. The highest BCUT2D eigenvalue weighted by atomic mass is 35.5. The number of hydrogen-bond acceptors (Lipinski definition) is 8. The zero-order valence-electron chi connectivity index (χ0n) is 16.1. The van der Waals surface area contributed by atoms with Gasteiger partial charge in [0.1, 0.15) is 4.90 Å². The molecule has 0 spiro atoms. The summed E-state index contributed by atoms with van der Waals surface area (Å²) in [6, 6.07) is 4.25. The smallest absolute Gasteiger partial charge is 0.257 e. The van der Waals surface area contributed by atoms with E-state index < -0.39 is 15.9 Å². The second kappa shape index (κ2) is 9.71. The molecule has 12 heteroatoms. The van der Waals surface area contributed by atoms with Crippen molar-refractivity contribution >= 4 is 55.8 Å². The maximum absolute atomic E-state index is 13.0. The van der Waals surface area contributed by atoms with E-state index in [0.717, 1.165) is 16.5 Å². The summed E-state index contributed by atoms with van der Waals surface area (Å²) in [6.45, 7) is 4.13. The lowest BCUT2D eigenvalue weighted by molar-refractivity contribution is 0.102. The van der Waals surface area contributed by atoms with Gasteiger partial charge in [-0.2, -0.15) is 4.31 Å². The summed E-state index contributed by atoms with van der Waals surface area (Å²) >= 11 is 9.03. The number of nitrogens with zero attached hydrogens (tertiary/aromatic N) is 4. The standard InChI is InChI=1S/C17H22ClN5O3S3/c1-3-10-27-17-21-20-16(28-17)19-15(24)12-4-5-13(18)14(11-12)29(25,26)23-8-6-22(2)7-9-23/h4-5,11H,3,6-10H2,1-2H3,(H,19,20,24). The first-order chi connectivity index (χ1) is 13.8. The molecule has 1 aromatic heterocycles. The van der Waals surface area contributed by atoms with Crippen LogP contribution in [0.1, 0.15) is 23.7 Å². The Morgan fingerprint density at radius 2 is 2.00 bits per heavy atom. The van der Waals surface area contributed by atoms with Gasteiger partial charge >= 0.3 is 0 Å². The molecule has 1 aliphatic heterocycles. The fourth-order valence-corrected chi connectivity index (χ4v) is 6.28. The summed E-state index contributed by atoms with van der Waals surface area (Å²) in [5, 5.41) is 11.1. The molecular weight excluding hydrogens is 454 g/mol. The summed E-state index contributed by atoms with van der Waals surface area (Å²) in [4.78, 5) is 14.6. The van der Waals surface area contributed by atoms with Gasteiger partial charge in [-0.1, -0.05) is 41.6 Å². The Morgan fingerprint density at radius 1 is 1.28 bits per heavy atom. The second-order valence-corrected chi connectivity index (χ2v) is 11.2. The fourth-order valence-electron chi connectivity index (χ4n) is 2.69. The highest BCUT2D eigenvalue weighted by molar-refractivity contribution is 8.01. The van der Waals surface area contributed by atoms with Crippen molar-refractivity contribution in [3.05, 3.63) is 28.8 Å². The minimum absolute atomic E-state index is 0.0622. The molecule has 1 amide bonds. The first kappa shape index (κ1) is 22.4. The van der Waals surface area contributed by atoms with Crippen molar-refractivity contribution in [2.45, 2.75) is 22.6 Å². The minimum Gasteiger partial charge on any atom is -0.304 e. The number of rotatable bonds is 7. The van der Waals surface area contributed by atoms with Gasteiger partial charge in [0.25, 0.3) is 5.91 Å². The van der Waals surface area contributed by atoms with Gasteiger partial charge in [-0.15, -0.1) is 10.2 Å². The molecule has 1 fully saturated rings. The summed E-state index contributed by atoms with van der Waals surface area (Å²) in [5.74, 6) is 0.465. The first-order valence-corrected chi connectivity index (χ1v) is 12.7. The maximum Gasteiger partial charge on any atom is 0.257 e. The van der Waals surface area contributed by atoms with Crippen LogP contribution < -0.4 is 5.32 Å². The van der Waals surface area contributed by atoms with E-state index in [0.29, 0.717) is 31.3 Å². The van der Waals surface area contributed by atoms with Crippen molar-refractivity contribution < 1.29 is 13.2 Å². The average molecular weight is 476 g/mol. The number of hydrogen-bond donors (Lipinski definition) is 1. The fraction of sp³-hybridized carbons (Fsp3) is 0.471. The molecule has 0 aliphatic carbocycles. The van der Waals surface area contributed by atoms with Gasteiger partial charge < -0.3 is 4.90 Å². The van der Waals surface area contributed by atoms with Gasteiger partial charge in [-0.25, -0.2) is 8.42 Å². The lowest BCUT2D eigenvalue weighted by Gasteiger charge is -2.31. The van der Waals surface area contributed by atoms with Crippen LogP contribution in [0, 0.1) is 0 Å². The number of piperazine rings is 1. The number of thioether (sulfide) groups is 1. The number of carbonyl (C=O) groups is 1. The molecule has 1 N–H and O–H groups in total. The Bertz CT molecular complexity index is 974. The maximum atomic E-state index is 13.0. The molecular formula is C17H22ClN5O3S3. The van der Waals surface area contributed by atoms with E-state index in [1.54, 1.807) is 11.8 Å². The monoisotopic (exact) mass is 475 g/mol. The quantitative estimate of drug-likeness (QED) is 0.485. The number of nitrogens with one attached hydrogen (secondary N) is 1. The number of likely N-dealkylation sites (N-methyl/N-ethyl adjacent to an activating group) is 1. The molecule has 158 valence electrons. The highest BCUT2D eigenvalue weighted by Crippen LogP contribution is 2.28. The van der Waals surface area contributed by atoms with Gasteiger partial charge in [0.05, 0.1) is 5.02 Å². The Morgan fingerprint density at radius 3 is 2.69 bits per heavy atom. The predicted molar refractivity (Wildman–Crippen MR) is 117 cm³/mol. The molecule has 1 aromatic carbocycles. The van der Waals surface area contributed by atoms with Gasteiger partial charge in [-0.05, 0) is 31.7 Å². The van der Waals surface area contributed by atoms with Gasteiger partial charge in [0.15, 0.2) is 4.34 Å². The number of sulfonamides is 1. The summed E-state index contributed by atoms with van der Waals surface area (Å²) in [6.07, 6.45) is 1.02. The Balaban J connectivity index is 1.77. The number of anilines is 1. The molecule has 0 radical (unpaired) electrons. The molecule has 0 bridgehead atoms. The summed E-state index contributed by atoms with van der Waals surface area (Å²) < 4.78 is 28.2. The van der Waals surface area contributed by atoms with Crippen LogP contribution in [0.4, 0.5) is 5.13 Å². The van der Waals surface area contributed by atoms with Crippen LogP contribution in [0.5, 0.6) is 0 Å². The van der Waals surface area contributed by atoms with E-state index in [2.05, 4.69) is 27.3 Å². The number of aromatic nitrogens is 2. The van der Waals surface area contributed by atoms with Crippen molar-refractivity contribution in [3.63, 3.8) is 0 Å². The first-order valence-electron chi connectivity index (χ1n) is 9.07. The molecule has 3 rings (SSSR count). The van der Waals surface area contributed by atoms with Crippen molar-refractivity contribution in [3.8, 4) is 0 Å². The number of halogens is 1. The van der Waals surface area contributed by atoms with E-state index in [4.69, 9.17) is 11.6 Å². The summed E-state index contributed by atoms with van der Waals surface area (Å²) in [5.41, 5.74) is 0.195. The lowest BCUT2D eigenvalue weighted by atomic mass is 10.2. The topological polar surface area (TPSA) is 95.5 Å². The predicted octanol–water partition coefficient (Wildman–Crippen LogP) is 2.88. The number of benzene rings is 1. The van der Waals surface area contributed by atoms with E-state index in [1.807, 2.05) is 7.05 Å². The van der Waals surface area contributed by atoms with Crippen LogP contribution in [-0.4, -0.2) is 72.7 Å². The van der Waals surface area contributed by atoms with Gasteiger partial charge in [-0.3, -0.25) is 10.1 Å². The molecule has 1 saturated heterocycles. The largest absolute Gasteiger partial charge is 0.304 e. The van der Waals surface area contributed by atoms with Crippen LogP contribution in [0.15, 0.2) is 27.4 Å². The SMILES string of the molecule is CCCSc1nnc(NC(=O)c2ccc(Cl)c(S(=O)(=O)N3CCN(C)CC3)c2)s1. The van der Waals surface area contributed by atoms with Crippen LogP contribution in [0.3, 0.4) is 0 Å². The lowest BCUT2D eigenvalue weighted by Crippen LogP contribution is -2.47. The van der Waals surface area contributed by atoms with E-state index >= 15 is 0 Å². The van der Waals surface area contributed by atoms with Gasteiger partial charge in [0, 0.05) is 37.5 Å². The van der Waals surface area contributed by atoms with Crippen molar-refractivity contribution in [1.82, 2.24) is 19.4 Å². The third kappa shape index (κ3) is 5.47. The van der Waals surface area contributed by atoms with E-state index in [9.17, 15) is 13.2 Å². The minimum atomic E-state index is -3.79. The van der Waals surface area contributed by atoms with Crippen LogP contribution in [0.25, 0.3) is 0 Å². The molecule has 8 nitrogen and oxygen atoms in total. The molecule has 2 heterocycles. The summed E-state index contributed by atoms with van der Waals surface area (Å²) in [7, 11) is -1.84. The number of carbonyl (C=O) groups excluding carboxylic acids is 1. The Hall–Kier alpha value is -1.24. The molecule has 29 heavy (non-hydrogen) atoms. The normalized spacial score (nSPS) is 16.1. The van der Waals surface area contributed by atoms with Crippen LogP contribution in [0.2, 0.25) is 5.02 Å². The zero-order valence-corrected chi connectivity index (χ0v) is 19.3.